The summed E-state index contributed by atoms with van der Waals surface area (Å²) in [6, 6.07) is -0.867. The summed E-state index contributed by atoms with van der Waals surface area (Å²) < 4.78 is 30.7. The van der Waals surface area contributed by atoms with Crippen molar-refractivity contribution in [1.29, 1.82) is 0 Å². The molecule has 0 heterocycles. The van der Waals surface area contributed by atoms with Gasteiger partial charge in [0.2, 0.25) is 5.91 Å². The number of phosphoric ester groups is 1. The summed E-state index contributed by atoms with van der Waals surface area (Å²) in [6.45, 7) is 6.87. The quantitative estimate of drug-likeness (QED) is 0.0205. The van der Waals surface area contributed by atoms with Crippen LogP contribution in [0, 0.1) is 0 Å². The maximum absolute atomic E-state index is 13.6. The van der Waals surface area contributed by atoms with Crippen molar-refractivity contribution >= 4 is 19.7 Å². The number of nitrogens with zero attached hydrogens (tertiary/aromatic N) is 1. The highest BCUT2D eigenvalue weighted by molar-refractivity contribution is 7.47. The molecule has 9 nitrogen and oxygen atoms in total. The summed E-state index contributed by atoms with van der Waals surface area (Å²) in [5.74, 6) is -0.540. The van der Waals surface area contributed by atoms with E-state index in [4.69, 9.17) is 13.8 Å². The Bertz CT molecular complexity index is 1660. The molecule has 0 aromatic carbocycles. The summed E-state index contributed by atoms with van der Waals surface area (Å²) in [5.41, 5.74) is 0. The molecule has 450 valence electrons. The molecule has 2 N–H and O–H groups in total. The summed E-state index contributed by atoms with van der Waals surface area (Å²) in [4.78, 5) is 37.7. The minimum absolute atomic E-state index is 0.0310. The van der Waals surface area contributed by atoms with E-state index in [1.54, 1.807) is 0 Å². The average molecular weight is 1110 g/mol. The molecule has 0 saturated heterocycles. The van der Waals surface area contributed by atoms with Gasteiger partial charge in [0, 0.05) is 12.8 Å². The third-order valence-corrected chi connectivity index (χ3v) is 14.7. The van der Waals surface area contributed by atoms with Gasteiger partial charge >= 0.3 is 13.8 Å². The summed E-state index contributed by atoms with van der Waals surface area (Å²) in [6.07, 6.45) is 76.9. The largest absolute Gasteiger partial charge is 0.472 e. The SMILES string of the molecule is CC/C=C\C/C=C\C/C=C\C/C=C\C/C=C\C/C=C\CCCCCCC(=O)OC(/C=C\CCCCCCCCCCCC)C(COP(=O)(O)OCC[N+](C)(C)C)NC(=O)CCCCCCCCC/C=C/CCCCCCCC. The van der Waals surface area contributed by atoms with Gasteiger partial charge in [-0.2, -0.15) is 0 Å². The fourth-order valence-electron chi connectivity index (χ4n) is 8.82. The molecule has 0 aliphatic heterocycles. The Hall–Kier alpha value is -3.07. The van der Waals surface area contributed by atoms with E-state index in [-0.39, 0.29) is 31.5 Å². The molecule has 0 bridgehead atoms. The first-order valence-corrected chi connectivity index (χ1v) is 33.6. The van der Waals surface area contributed by atoms with Gasteiger partial charge in [-0.25, -0.2) is 4.57 Å². The van der Waals surface area contributed by atoms with E-state index < -0.39 is 20.0 Å². The zero-order valence-corrected chi connectivity index (χ0v) is 52.3. The van der Waals surface area contributed by atoms with E-state index in [1.807, 2.05) is 33.3 Å². The van der Waals surface area contributed by atoms with E-state index in [0.717, 1.165) is 116 Å². The van der Waals surface area contributed by atoms with Crippen LogP contribution in [0.25, 0.3) is 0 Å². The first kappa shape index (κ1) is 74.9. The number of unbranched alkanes of at least 4 members (excludes halogenated alkanes) is 27. The molecule has 0 fully saturated rings. The molecular weight excluding hydrogens is 988 g/mol. The van der Waals surface area contributed by atoms with Gasteiger partial charge < -0.3 is 19.4 Å². The zero-order valence-electron chi connectivity index (χ0n) is 51.4. The number of likely N-dealkylation sites (N-methyl/N-ethyl adjacent to an activating group) is 1. The molecule has 78 heavy (non-hydrogen) atoms. The van der Waals surface area contributed by atoms with Crippen LogP contribution >= 0.6 is 7.82 Å². The van der Waals surface area contributed by atoms with Gasteiger partial charge in [0.25, 0.3) is 0 Å². The lowest BCUT2D eigenvalue weighted by Gasteiger charge is -2.27. The van der Waals surface area contributed by atoms with Crippen molar-refractivity contribution in [3.05, 3.63) is 97.2 Å². The standard InChI is InChI=1S/C68H121N2O7P/c1-7-10-13-16-19-22-25-28-30-32-33-34-35-36-37-39-41-43-46-49-52-55-58-61-68(72)77-66(59-56-53-50-47-44-27-24-21-18-15-12-9-3)65(64-76-78(73,74)75-63-62-70(4,5)6)69-67(71)60-57-54-51-48-45-42-40-38-31-29-26-23-20-17-14-11-8-2/h10,13,19,22,28-31,33-34,36-37,41,43,56,59,65-66H,7-9,11-12,14-18,20-21,23-27,32,35,38-40,42,44-55,57-58,60-64H2,1-6H3,(H-,69,71,73,74)/p+1/b13-10-,22-19-,30-28-,31-29+,34-33-,37-36-,43-41-,59-56-. The van der Waals surface area contributed by atoms with Crippen molar-refractivity contribution in [2.45, 2.75) is 283 Å². The number of carbonyl (C=O) groups is 2. The minimum atomic E-state index is -4.46. The fourth-order valence-corrected chi connectivity index (χ4v) is 9.56. The number of ether oxygens (including phenoxy) is 1. The molecule has 0 spiro atoms. The smallest absolute Gasteiger partial charge is 0.456 e. The Balaban J connectivity index is 5.28. The van der Waals surface area contributed by atoms with E-state index in [0.29, 0.717) is 23.9 Å². The number of carbonyl (C=O) groups excluding carboxylic acids is 2. The molecular formula is C68H122N2O7P+. The van der Waals surface area contributed by atoms with Crippen LogP contribution in [0.4, 0.5) is 0 Å². The normalized spacial score (nSPS) is 14.3. The number of amides is 1. The van der Waals surface area contributed by atoms with E-state index in [2.05, 4.69) is 111 Å². The van der Waals surface area contributed by atoms with Crippen LogP contribution in [0.1, 0.15) is 271 Å². The van der Waals surface area contributed by atoms with Crippen LogP contribution in [0.5, 0.6) is 0 Å². The van der Waals surface area contributed by atoms with Crippen LogP contribution in [0.2, 0.25) is 0 Å². The van der Waals surface area contributed by atoms with Gasteiger partial charge in [0.1, 0.15) is 19.3 Å². The molecule has 0 aromatic heterocycles. The van der Waals surface area contributed by atoms with Crippen molar-refractivity contribution in [3.63, 3.8) is 0 Å². The van der Waals surface area contributed by atoms with Crippen LogP contribution in [0.3, 0.4) is 0 Å². The Morgan fingerprint density at radius 3 is 1.24 bits per heavy atom. The predicted octanol–water partition coefficient (Wildman–Crippen LogP) is 19.9. The first-order valence-electron chi connectivity index (χ1n) is 32.1. The Morgan fingerprint density at radius 1 is 0.462 bits per heavy atom. The van der Waals surface area contributed by atoms with E-state index >= 15 is 0 Å². The highest BCUT2D eigenvalue weighted by atomic mass is 31.2. The second kappa shape index (κ2) is 57.2. The zero-order chi connectivity index (χ0) is 57.2. The van der Waals surface area contributed by atoms with Crippen LogP contribution < -0.4 is 5.32 Å². The predicted molar refractivity (Wildman–Crippen MR) is 337 cm³/mol. The average Bonchev–Trinajstić information content (AvgIpc) is 3.40. The number of nitrogens with one attached hydrogen (secondary N) is 1. The van der Waals surface area contributed by atoms with Crippen molar-refractivity contribution in [2.24, 2.45) is 0 Å². The van der Waals surface area contributed by atoms with Gasteiger partial charge in [-0.1, -0.05) is 247 Å². The second-order valence-electron chi connectivity index (χ2n) is 22.5. The maximum Gasteiger partial charge on any atom is 0.472 e. The summed E-state index contributed by atoms with van der Waals surface area (Å²) in [5, 5.41) is 3.05. The summed E-state index contributed by atoms with van der Waals surface area (Å²) in [7, 11) is 1.47. The van der Waals surface area contributed by atoms with Crippen LogP contribution in [-0.4, -0.2) is 74.3 Å². The Kier molecular flexibility index (Phi) is 54.9. The number of allylic oxidation sites excluding steroid dienone is 15. The molecule has 0 radical (unpaired) electrons. The molecule has 10 heteroatoms. The summed E-state index contributed by atoms with van der Waals surface area (Å²) >= 11 is 0. The van der Waals surface area contributed by atoms with Gasteiger partial charge in [-0.15, -0.1) is 0 Å². The van der Waals surface area contributed by atoms with E-state index in [9.17, 15) is 19.0 Å². The number of phosphoric acid groups is 1. The molecule has 0 saturated carbocycles. The number of hydrogen-bond acceptors (Lipinski definition) is 6. The minimum Gasteiger partial charge on any atom is -0.456 e. The number of rotatable bonds is 57. The monoisotopic (exact) mass is 1110 g/mol. The third kappa shape index (κ3) is 57.6. The van der Waals surface area contributed by atoms with Crippen LogP contribution in [-0.2, 0) is 27.9 Å². The molecule has 3 atom stereocenters. The maximum atomic E-state index is 13.6. The van der Waals surface area contributed by atoms with Crippen molar-refractivity contribution in [3.8, 4) is 0 Å². The van der Waals surface area contributed by atoms with Crippen molar-refractivity contribution in [1.82, 2.24) is 5.32 Å². The van der Waals surface area contributed by atoms with Gasteiger partial charge in [-0.3, -0.25) is 18.6 Å². The lowest BCUT2D eigenvalue weighted by Crippen LogP contribution is -2.47. The van der Waals surface area contributed by atoms with Gasteiger partial charge in [0.15, 0.2) is 0 Å². The molecule has 0 aliphatic carbocycles. The van der Waals surface area contributed by atoms with E-state index in [1.165, 1.54) is 116 Å². The van der Waals surface area contributed by atoms with Crippen molar-refractivity contribution in [2.75, 3.05) is 40.9 Å². The number of hydrogen-bond donors (Lipinski definition) is 2. The fraction of sp³-hybridized carbons (Fsp3) is 0.735. The molecule has 0 rings (SSSR count). The van der Waals surface area contributed by atoms with Gasteiger partial charge in [-0.05, 0) is 109 Å². The first-order chi connectivity index (χ1) is 37.9. The topological polar surface area (TPSA) is 111 Å². The molecule has 1 amide bonds. The number of esters is 1. The second-order valence-corrected chi connectivity index (χ2v) is 24.0. The van der Waals surface area contributed by atoms with Crippen molar-refractivity contribution < 1.29 is 37.3 Å². The lowest BCUT2D eigenvalue weighted by atomic mass is 10.0. The highest BCUT2D eigenvalue weighted by Gasteiger charge is 2.30. The highest BCUT2D eigenvalue weighted by Crippen LogP contribution is 2.43. The van der Waals surface area contributed by atoms with Crippen LogP contribution in [0.15, 0.2) is 97.2 Å². The third-order valence-electron chi connectivity index (χ3n) is 13.8. The van der Waals surface area contributed by atoms with Gasteiger partial charge in [0.05, 0.1) is 33.8 Å². The number of quaternary nitrogens is 1. The Morgan fingerprint density at radius 2 is 0.821 bits per heavy atom. The molecule has 0 aliphatic rings. The molecule has 3 unspecified atom stereocenters. The Labute approximate surface area is 481 Å². The lowest BCUT2D eigenvalue weighted by molar-refractivity contribution is -0.870. The molecule has 0 aromatic rings.